The van der Waals surface area contributed by atoms with E-state index in [1.807, 2.05) is 6.92 Å². The smallest absolute Gasteiger partial charge is 0.222 e. The van der Waals surface area contributed by atoms with Crippen LogP contribution in [0.15, 0.2) is 18.2 Å². The van der Waals surface area contributed by atoms with Gasteiger partial charge >= 0.3 is 0 Å². The number of benzene rings is 1. The molecule has 0 bridgehead atoms. The van der Waals surface area contributed by atoms with Gasteiger partial charge in [-0.25, -0.2) is 8.78 Å². The molecule has 0 saturated carbocycles. The Morgan fingerprint density at radius 2 is 2.17 bits per heavy atom. The van der Waals surface area contributed by atoms with Gasteiger partial charge in [0.05, 0.1) is 0 Å². The van der Waals surface area contributed by atoms with E-state index < -0.39 is 11.6 Å². The average molecular weight is 253 g/mol. The zero-order valence-electron chi connectivity index (χ0n) is 10.5. The Labute approximate surface area is 106 Å². The molecule has 1 aromatic rings. The van der Waals surface area contributed by atoms with Crippen molar-refractivity contribution in [2.24, 2.45) is 0 Å². The first-order valence-corrected chi connectivity index (χ1v) is 6.35. The highest BCUT2D eigenvalue weighted by molar-refractivity contribution is 5.76. The Balaban J connectivity index is 2.26. The number of carbonyl (C=O) groups excluding carboxylic acids is 1. The highest BCUT2D eigenvalue weighted by atomic mass is 19.2. The first-order chi connectivity index (χ1) is 8.63. The number of hydrogen-bond donors (Lipinski definition) is 0. The fourth-order valence-corrected chi connectivity index (χ4v) is 2.51. The molecule has 98 valence electrons. The number of carbonyl (C=O) groups is 1. The highest BCUT2D eigenvalue weighted by Gasteiger charge is 2.25. The second-order valence-electron chi connectivity index (χ2n) is 4.66. The number of rotatable bonds is 2. The minimum absolute atomic E-state index is 0.105. The monoisotopic (exact) mass is 253 g/mol. The van der Waals surface area contributed by atoms with Crippen molar-refractivity contribution in [1.29, 1.82) is 0 Å². The van der Waals surface area contributed by atoms with E-state index in [4.69, 9.17) is 0 Å². The molecule has 1 saturated heterocycles. The molecule has 2 rings (SSSR count). The van der Waals surface area contributed by atoms with Crippen LogP contribution in [0.4, 0.5) is 8.78 Å². The summed E-state index contributed by atoms with van der Waals surface area (Å²) in [5.41, 5.74) is 0.392. The number of likely N-dealkylation sites (N-methyl/N-ethyl adjacent to an activating group) is 1. The Hall–Kier alpha value is -1.45. The van der Waals surface area contributed by atoms with Crippen LogP contribution in [0.3, 0.4) is 0 Å². The Kier molecular flexibility index (Phi) is 3.94. The van der Waals surface area contributed by atoms with Crippen molar-refractivity contribution in [3.8, 4) is 0 Å². The minimum atomic E-state index is -0.814. The van der Waals surface area contributed by atoms with E-state index in [1.54, 1.807) is 11.0 Å². The van der Waals surface area contributed by atoms with Gasteiger partial charge in [-0.2, -0.15) is 0 Å². The first kappa shape index (κ1) is 13.0. The van der Waals surface area contributed by atoms with E-state index in [0.717, 1.165) is 18.9 Å². The molecular formula is C14H17F2NO. The van der Waals surface area contributed by atoms with Gasteiger partial charge in [0.25, 0.3) is 0 Å². The third-order valence-electron chi connectivity index (χ3n) is 3.54. The molecule has 18 heavy (non-hydrogen) atoms. The van der Waals surface area contributed by atoms with E-state index >= 15 is 0 Å². The fraction of sp³-hybridized carbons (Fsp3) is 0.500. The molecule has 1 heterocycles. The maximum Gasteiger partial charge on any atom is 0.222 e. The topological polar surface area (TPSA) is 20.3 Å². The first-order valence-electron chi connectivity index (χ1n) is 6.35. The quantitative estimate of drug-likeness (QED) is 0.793. The van der Waals surface area contributed by atoms with Crippen molar-refractivity contribution in [1.82, 2.24) is 4.90 Å². The summed E-state index contributed by atoms with van der Waals surface area (Å²) in [5.74, 6) is -1.58. The molecule has 1 fully saturated rings. The van der Waals surface area contributed by atoms with E-state index in [-0.39, 0.29) is 11.8 Å². The number of halogens is 2. The highest BCUT2D eigenvalue weighted by Crippen LogP contribution is 2.29. The van der Waals surface area contributed by atoms with Gasteiger partial charge in [0.1, 0.15) is 0 Å². The summed E-state index contributed by atoms with van der Waals surface area (Å²) in [6.07, 6.45) is 1.96. The SMILES string of the molecule is CCN1C[C@H](c2cccc(F)c2F)CCCC1=O. The van der Waals surface area contributed by atoms with Crippen molar-refractivity contribution in [3.63, 3.8) is 0 Å². The Morgan fingerprint density at radius 1 is 1.39 bits per heavy atom. The normalized spacial score (nSPS) is 20.9. The van der Waals surface area contributed by atoms with Crippen LogP contribution in [-0.2, 0) is 4.79 Å². The van der Waals surface area contributed by atoms with Crippen LogP contribution in [-0.4, -0.2) is 23.9 Å². The maximum atomic E-state index is 13.8. The van der Waals surface area contributed by atoms with E-state index in [2.05, 4.69) is 0 Å². The van der Waals surface area contributed by atoms with Gasteiger partial charge in [-0.1, -0.05) is 12.1 Å². The molecule has 1 aliphatic heterocycles. The predicted octanol–water partition coefficient (Wildman–Crippen LogP) is 3.08. The van der Waals surface area contributed by atoms with Gasteiger partial charge in [-0.05, 0) is 31.4 Å². The largest absolute Gasteiger partial charge is 0.342 e. The van der Waals surface area contributed by atoms with Gasteiger partial charge in [0.15, 0.2) is 11.6 Å². The zero-order chi connectivity index (χ0) is 13.1. The summed E-state index contributed by atoms with van der Waals surface area (Å²) in [7, 11) is 0. The molecule has 0 aliphatic carbocycles. The second-order valence-corrected chi connectivity index (χ2v) is 4.66. The van der Waals surface area contributed by atoms with Crippen LogP contribution in [0.2, 0.25) is 0 Å². The van der Waals surface area contributed by atoms with Crippen LogP contribution >= 0.6 is 0 Å². The van der Waals surface area contributed by atoms with Crippen molar-refractivity contribution in [3.05, 3.63) is 35.4 Å². The molecule has 0 aromatic heterocycles. The number of nitrogens with zero attached hydrogens (tertiary/aromatic N) is 1. The molecule has 1 aliphatic rings. The Morgan fingerprint density at radius 3 is 2.89 bits per heavy atom. The van der Waals surface area contributed by atoms with E-state index in [1.165, 1.54) is 6.07 Å². The predicted molar refractivity (Wildman–Crippen MR) is 65.2 cm³/mol. The van der Waals surface area contributed by atoms with Gasteiger partial charge in [-0.3, -0.25) is 4.79 Å². The summed E-state index contributed by atoms with van der Waals surface area (Å²) in [6, 6.07) is 4.27. The molecule has 1 aromatic carbocycles. The number of hydrogen-bond acceptors (Lipinski definition) is 1. The van der Waals surface area contributed by atoms with Gasteiger partial charge in [0, 0.05) is 25.4 Å². The summed E-state index contributed by atoms with van der Waals surface area (Å²) in [4.78, 5) is 13.5. The Bertz CT molecular complexity index is 447. The summed E-state index contributed by atoms with van der Waals surface area (Å²) in [6.45, 7) is 3.00. The molecule has 4 heteroatoms. The molecule has 0 unspecified atom stereocenters. The standard InChI is InChI=1S/C14H17F2NO/c1-2-17-9-10(5-3-8-13(17)18)11-6-4-7-12(15)14(11)16/h4,6-7,10H,2-3,5,8-9H2,1H3/t10-/m1/s1. The molecule has 0 N–H and O–H groups in total. The van der Waals surface area contributed by atoms with Gasteiger partial charge in [0.2, 0.25) is 5.91 Å². The lowest BCUT2D eigenvalue weighted by Gasteiger charge is -2.23. The number of amides is 1. The van der Waals surface area contributed by atoms with Crippen LogP contribution in [0, 0.1) is 11.6 Å². The van der Waals surface area contributed by atoms with Crippen molar-refractivity contribution in [2.45, 2.75) is 32.1 Å². The molecule has 0 radical (unpaired) electrons. The summed E-state index contributed by atoms with van der Waals surface area (Å²) in [5, 5.41) is 0. The maximum absolute atomic E-state index is 13.8. The molecule has 1 amide bonds. The van der Waals surface area contributed by atoms with Crippen LogP contribution in [0.1, 0.15) is 37.7 Å². The average Bonchev–Trinajstić information content (AvgIpc) is 2.54. The van der Waals surface area contributed by atoms with Gasteiger partial charge in [-0.15, -0.1) is 0 Å². The van der Waals surface area contributed by atoms with Crippen LogP contribution in [0.5, 0.6) is 0 Å². The molecule has 0 spiro atoms. The lowest BCUT2D eigenvalue weighted by Crippen LogP contribution is -2.32. The lowest BCUT2D eigenvalue weighted by atomic mass is 9.93. The van der Waals surface area contributed by atoms with Crippen molar-refractivity contribution >= 4 is 5.91 Å². The fourth-order valence-electron chi connectivity index (χ4n) is 2.51. The molecular weight excluding hydrogens is 236 g/mol. The van der Waals surface area contributed by atoms with E-state index in [0.29, 0.717) is 25.1 Å². The van der Waals surface area contributed by atoms with E-state index in [9.17, 15) is 13.6 Å². The second kappa shape index (κ2) is 5.46. The molecule has 2 nitrogen and oxygen atoms in total. The van der Waals surface area contributed by atoms with Crippen molar-refractivity contribution in [2.75, 3.05) is 13.1 Å². The summed E-state index contributed by atoms with van der Waals surface area (Å²) < 4.78 is 27.0. The third kappa shape index (κ3) is 2.52. The molecule has 1 atom stereocenters. The lowest BCUT2D eigenvalue weighted by molar-refractivity contribution is -0.130. The number of likely N-dealkylation sites (tertiary alicyclic amines) is 1. The van der Waals surface area contributed by atoms with Gasteiger partial charge < -0.3 is 4.90 Å². The zero-order valence-corrected chi connectivity index (χ0v) is 10.5. The minimum Gasteiger partial charge on any atom is -0.342 e. The summed E-state index contributed by atoms with van der Waals surface area (Å²) >= 11 is 0. The van der Waals surface area contributed by atoms with Crippen LogP contribution < -0.4 is 0 Å². The van der Waals surface area contributed by atoms with Crippen LogP contribution in [0.25, 0.3) is 0 Å². The van der Waals surface area contributed by atoms with Crippen molar-refractivity contribution < 1.29 is 13.6 Å². The third-order valence-corrected chi connectivity index (χ3v) is 3.54.